The topological polar surface area (TPSA) is 108 Å². The first-order chi connectivity index (χ1) is 25.0. The van der Waals surface area contributed by atoms with Gasteiger partial charge in [-0.2, -0.15) is 0 Å². The molecule has 0 aliphatic carbocycles. The molecule has 0 rings (SSSR count). The van der Waals surface area contributed by atoms with Crippen molar-refractivity contribution >= 4 is 19.8 Å². The quantitative estimate of drug-likeness (QED) is 0.0221. The molecule has 0 spiro atoms. The lowest BCUT2D eigenvalue weighted by Crippen LogP contribution is -2.37. The van der Waals surface area contributed by atoms with E-state index in [-0.39, 0.29) is 26.1 Å². The van der Waals surface area contributed by atoms with Gasteiger partial charge in [0.05, 0.1) is 27.7 Å². The zero-order valence-corrected chi connectivity index (χ0v) is 34.7. The van der Waals surface area contributed by atoms with Crippen molar-refractivity contribution in [2.45, 2.75) is 161 Å². The first-order valence-corrected chi connectivity index (χ1v) is 21.9. The van der Waals surface area contributed by atoms with Crippen LogP contribution in [-0.4, -0.2) is 74.9 Å². The third-order valence-electron chi connectivity index (χ3n) is 8.34. The van der Waals surface area contributed by atoms with E-state index < -0.39 is 32.5 Å². The number of unbranched alkanes of at least 4 members (excludes halogenated alkanes) is 14. The van der Waals surface area contributed by atoms with E-state index in [2.05, 4.69) is 62.5 Å². The molecular formula is C42H77NO8P+. The Kier molecular flexibility index (Phi) is 33.4. The summed E-state index contributed by atoms with van der Waals surface area (Å²) in [5.41, 5.74) is 0. The van der Waals surface area contributed by atoms with E-state index >= 15 is 0 Å². The summed E-state index contributed by atoms with van der Waals surface area (Å²) in [6.45, 7) is 4.24. The summed E-state index contributed by atoms with van der Waals surface area (Å²) >= 11 is 0. The third kappa shape index (κ3) is 37.7. The maximum Gasteiger partial charge on any atom is 0.472 e. The van der Waals surface area contributed by atoms with Crippen LogP contribution < -0.4 is 0 Å². The normalized spacial score (nSPS) is 14.2. The minimum Gasteiger partial charge on any atom is -0.462 e. The Morgan fingerprint density at radius 2 is 1.10 bits per heavy atom. The molecule has 0 saturated carbocycles. The summed E-state index contributed by atoms with van der Waals surface area (Å²) in [7, 11) is 1.45. The second-order valence-corrected chi connectivity index (χ2v) is 16.1. The van der Waals surface area contributed by atoms with Crippen LogP contribution in [0.4, 0.5) is 0 Å². The smallest absolute Gasteiger partial charge is 0.462 e. The summed E-state index contributed by atoms with van der Waals surface area (Å²) in [4.78, 5) is 35.2. The van der Waals surface area contributed by atoms with Crippen LogP contribution in [0.3, 0.4) is 0 Å². The molecule has 0 aliphatic heterocycles. The van der Waals surface area contributed by atoms with Gasteiger partial charge in [-0.25, -0.2) is 4.57 Å². The Morgan fingerprint density at radius 3 is 1.67 bits per heavy atom. The average molecular weight is 755 g/mol. The van der Waals surface area contributed by atoms with Gasteiger partial charge in [-0.1, -0.05) is 120 Å². The number of rotatable bonds is 36. The zero-order chi connectivity index (χ0) is 38.6. The molecule has 0 heterocycles. The Labute approximate surface area is 318 Å². The third-order valence-corrected chi connectivity index (χ3v) is 9.33. The summed E-state index contributed by atoms with van der Waals surface area (Å²) in [5, 5.41) is 0. The molecule has 0 saturated heterocycles. The van der Waals surface area contributed by atoms with E-state index in [0.717, 1.165) is 77.0 Å². The van der Waals surface area contributed by atoms with E-state index in [1.807, 2.05) is 21.1 Å². The van der Waals surface area contributed by atoms with Gasteiger partial charge in [0.1, 0.15) is 19.8 Å². The molecule has 0 fully saturated rings. The van der Waals surface area contributed by atoms with Gasteiger partial charge >= 0.3 is 19.8 Å². The van der Waals surface area contributed by atoms with Crippen LogP contribution >= 0.6 is 7.82 Å². The molecule has 2 atom stereocenters. The number of allylic oxidation sites excluding steroid dienone is 8. The second-order valence-electron chi connectivity index (χ2n) is 14.6. The van der Waals surface area contributed by atoms with Crippen LogP contribution in [0.5, 0.6) is 0 Å². The van der Waals surface area contributed by atoms with Crippen LogP contribution in [0.15, 0.2) is 48.6 Å². The number of esters is 2. The average Bonchev–Trinajstić information content (AvgIpc) is 3.09. The molecule has 0 aromatic carbocycles. The Morgan fingerprint density at radius 1 is 0.615 bits per heavy atom. The fourth-order valence-corrected chi connectivity index (χ4v) is 5.88. The van der Waals surface area contributed by atoms with Crippen molar-refractivity contribution < 1.29 is 42.1 Å². The highest BCUT2D eigenvalue weighted by molar-refractivity contribution is 7.47. The fourth-order valence-electron chi connectivity index (χ4n) is 5.14. The molecule has 0 bridgehead atoms. The molecule has 0 aromatic rings. The summed E-state index contributed by atoms with van der Waals surface area (Å²) in [5.74, 6) is -0.841. The van der Waals surface area contributed by atoms with E-state index in [1.165, 1.54) is 38.5 Å². The number of quaternary nitrogens is 1. The highest BCUT2D eigenvalue weighted by Crippen LogP contribution is 2.43. The molecule has 302 valence electrons. The van der Waals surface area contributed by atoms with Gasteiger partial charge in [0.15, 0.2) is 6.10 Å². The molecule has 1 N–H and O–H groups in total. The molecule has 0 amide bonds. The number of hydrogen-bond donors (Lipinski definition) is 1. The predicted octanol–water partition coefficient (Wildman–Crippen LogP) is 11.1. The monoisotopic (exact) mass is 755 g/mol. The summed E-state index contributed by atoms with van der Waals surface area (Å²) in [6, 6.07) is 0. The number of carbonyl (C=O) groups excluding carboxylic acids is 2. The molecule has 0 aromatic heterocycles. The first kappa shape index (κ1) is 50.0. The van der Waals surface area contributed by atoms with Gasteiger partial charge < -0.3 is 18.9 Å². The van der Waals surface area contributed by atoms with Gasteiger partial charge in [-0.3, -0.25) is 18.6 Å². The van der Waals surface area contributed by atoms with Crippen molar-refractivity contribution in [1.29, 1.82) is 0 Å². The molecular weight excluding hydrogens is 677 g/mol. The van der Waals surface area contributed by atoms with E-state index in [9.17, 15) is 19.0 Å². The maximum absolute atomic E-state index is 12.6. The van der Waals surface area contributed by atoms with E-state index in [0.29, 0.717) is 23.9 Å². The number of phosphoric acid groups is 1. The molecule has 0 aliphatic rings. The van der Waals surface area contributed by atoms with Gasteiger partial charge in [-0.05, 0) is 70.6 Å². The van der Waals surface area contributed by atoms with Crippen molar-refractivity contribution in [3.05, 3.63) is 48.6 Å². The molecule has 0 radical (unpaired) electrons. The standard InChI is InChI=1S/C42H76NO8P/c1-6-8-10-12-14-16-18-20-21-23-24-26-28-30-32-34-41(44)48-38-40(39-50-52(46,47)49-37-36-43(3,4)5)51-42(45)35-33-31-29-27-25-22-19-17-15-13-11-9-7-2/h8,10,14,16,20-22,25,40H,6-7,9,11-13,15,17-19,23-24,26-39H2,1-5H3/p+1/b10-8+,16-14+,21-20+,25-22+/t40-/m1/s1. The lowest BCUT2D eigenvalue weighted by atomic mass is 10.1. The number of likely N-dealkylation sites (N-methyl/N-ethyl adjacent to an activating group) is 1. The van der Waals surface area contributed by atoms with E-state index in [1.54, 1.807) is 0 Å². The predicted molar refractivity (Wildman–Crippen MR) is 215 cm³/mol. The zero-order valence-electron chi connectivity index (χ0n) is 33.8. The number of carbonyl (C=O) groups is 2. The van der Waals surface area contributed by atoms with Crippen molar-refractivity contribution in [2.75, 3.05) is 47.5 Å². The number of phosphoric ester groups is 1. The van der Waals surface area contributed by atoms with Crippen LogP contribution in [0, 0.1) is 0 Å². The van der Waals surface area contributed by atoms with Crippen molar-refractivity contribution in [3.8, 4) is 0 Å². The molecule has 9 nitrogen and oxygen atoms in total. The number of ether oxygens (including phenoxy) is 2. The molecule has 52 heavy (non-hydrogen) atoms. The Balaban J connectivity index is 4.46. The highest BCUT2D eigenvalue weighted by Gasteiger charge is 2.27. The highest BCUT2D eigenvalue weighted by atomic mass is 31.2. The number of nitrogens with zero attached hydrogens (tertiary/aromatic N) is 1. The van der Waals surface area contributed by atoms with Crippen molar-refractivity contribution in [1.82, 2.24) is 0 Å². The van der Waals surface area contributed by atoms with Crippen molar-refractivity contribution in [3.63, 3.8) is 0 Å². The van der Waals surface area contributed by atoms with Gasteiger partial charge in [0.25, 0.3) is 0 Å². The lowest BCUT2D eigenvalue weighted by Gasteiger charge is -2.24. The van der Waals surface area contributed by atoms with Crippen LogP contribution in [0.2, 0.25) is 0 Å². The van der Waals surface area contributed by atoms with Crippen LogP contribution in [0.25, 0.3) is 0 Å². The molecule has 10 heteroatoms. The lowest BCUT2D eigenvalue weighted by molar-refractivity contribution is -0.870. The van der Waals surface area contributed by atoms with Gasteiger partial charge in [-0.15, -0.1) is 0 Å². The first-order valence-electron chi connectivity index (χ1n) is 20.4. The van der Waals surface area contributed by atoms with E-state index in [4.69, 9.17) is 18.5 Å². The SMILES string of the molecule is CC/C=C/C/C=C/C/C=C/CCCCCCCC(=O)OC[C@H](COP(=O)(O)OCC[N+](C)(C)C)OC(=O)CCCCC/C=C/CCCCCCCC. The molecule has 1 unspecified atom stereocenters. The Hall–Kier alpha value is -2.03. The summed E-state index contributed by atoms with van der Waals surface area (Å²) in [6.07, 6.45) is 38.7. The fraction of sp³-hybridized carbons (Fsp3) is 0.762. The maximum atomic E-state index is 12.6. The van der Waals surface area contributed by atoms with Gasteiger partial charge in [0, 0.05) is 12.8 Å². The minimum absolute atomic E-state index is 0.0245. The van der Waals surface area contributed by atoms with Gasteiger partial charge in [0.2, 0.25) is 0 Å². The van der Waals surface area contributed by atoms with Crippen LogP contribution in [-0.2, 0) is 32.7 Å². The van der Waals surface area contributed by atoms with Crippen molar-refractivity contribution in [2.24, 2.45) is 0 Å². The summed E-state index contributed by atoms with van der Waals surface area (Å²) < 4.78 is 34.2. The minimum atomic E-state index is -4.38. The number of hydrogen-bond acceptors (Lipinski definition) is 7. The largest absolute Gasteiger partial charge is 0.472 e. The Bertz CT molecular complexity index is 1030. The second kappa shape index (κ2) is 34.7. The van der Waals surface area contributed by atoms with Crippen LogP contribution in [0.1, 0.15) is 155 Å².